The van der Waals surface area contributed by atoms with Crippen molar-refractivity contribution in [3.8, 4) is 0 Å². The zero-order valence-electron chi connectivity index (χ0n) is 12.3. The minimum Gasteiger partial charge on any atom is -0.378 e. The Bertz CT molecular complexity index is 766. The molecule has 0 unspecified atom stereocenters. The monoisotopic (exact) mass is 329 g/mol. The van der Waals surface area contributed by atoms with Crippen LogP contribution in [0.2, 0.25) is 10.0 Å². The highest BCUT2D eigenvalue weighted by molar-refractivity contribution is 6.42. The summed E-state index contributed by atoms with van der Waals surface area (Å²) in [4.78, 5) is 0. The number of aryl methyl sites for hydroxylation is 1. The topological polar surface area (TPSA) is 12.0 Å². The zero-order chi connectivity index (χ0) is 15.3. The largest absolute Gasteiger partial charge is 0.378 e. The van der Waals surface area contributed by atoms with Crippen LogP contribution in [0.15, 0.2) is 48.6 Å². The minimum atomic E-state index is 0.268. The van der Waals surface area contributed by atoms with Crippen molar-refractivity contribution in [1.82, 2.24) is 0 Å². The molecule has 0 aromatic heterocycles. The molecule has 3 atom stereocenters. The van der Waals surface area contributed by atoms with E-state index in [1.54, 1.807) is 0 Å². The Kier molecular flexibility index (Phi) is 3.43. The van der Waals surface area contributed by atoms with Crippen molar-refractivity contribution in [1.29, 1.82) is 0 Å². The van der Waals surface area contributed by atoms with Gasteiger partial charge in [0.25, 0.3) is 0 Å². The van der Waals surface area contributed by atoms with Crippen LogP contribution in [-0.2, 0) is 0 Å². The first kappa shape index (κ1) is 14.2. The van der Waals surface area contributed by atoms with Gasteiger partial charge in [0.1, 0.15) is 0 Å². The zero-order valence-corrected chi connectivity index (χ0v) is 13.8. The van der Waals surface area contributed by atoms with E-state index in [-0.39, 0.29) is 6.04 Å². The van der Waals surface area contributed by atoms with Crippen LogP contribution in [0.3, 0.4) is 0 Å². The van der Waals surface area contributed by atoms with Crippen molar-refractivity contribution in [3.05, 3.63) is 75.3 Å². The molecule has 1 nitrogen and oxygen atoms in total. The molecular weight excluding hydrogens is 313 g/mol. The molecule has 112 valence electrons. The predicted molar refractivity (Wildman–Crippen MR) is 94.0 cm³/mol. The SMILES string of the molecule is Cc1ccc2c(c1)[C@@H]1C=CC[C@@H]1[C@H](c1ccc(Cl)c(Cl)c1)N2. The third kappa shape index (κ3) is 2.24. The molecule has 0 amide bonds. The van der Waals surface area contributed by atoms with Crippen LogP contribution in [0.25, 0.3) is 0 Å². The molecule has 0 saturated heterocycles. The number of anilines is 1. The van der Waals surface area contributed by atoms with Crippen molar-refractivity contribution in [2.45, 2.75) is 25.3 Å². The molecule has 3 heteroatoms. The highest BCUT2D eigenvalue weighted by Gasteiger charge is 2.37. The van der Waals surface area contributed by atoms with Gasteiger partial charge in [-0.25, -0.2) is 0 Å². The lowest BCUT2D eigenvalue weighted by molar-refractivity contribution is 0.425. The van der Waals surface area contributed by atoms with Gasteiger partial charge in [0.15, 0.2) is 0 Å². The number of nitrogens with one attached hydrogen (secondary N) is 1. The number of hydrogen-bond acceptors (Lipinski definition) is 1. The van der Waals surface area contributed by atoms with E-state index in [0.717, 1.165) is 6.42 Å². The van der Waals surface area contributed by atoms with Gasteiger partial charge in [-0.15, -0.1) is 0 Å². The summed E-state index contributed by atoms with van der Waals surface area (Å²) in [6, 6.07) is 12.9. The van der Waals surface area contributed by atoms with E-state index in [4.69, 9.17) is 23.2 Å². The fourth-order valence-electron chi connectivity index (χ4n) is 3.75. The minimum absolute atomic E-state index is 0.268. The van der Waals surface area contributed by atoms with E-state index in [1.165, 1.54) is 22.4 Å². The van der Waals surface area contributed by atoms with Gasteiger partial charge in [-0.3, -0.25) is 0 Å². The van der Waals surface area contributed by atoms with E-state index in [0.29, 0.717) is 21.9 Å². The lowest BCUT2D eigenvalue weighted by atomic mass is 9.77. The molecule has 1 heterocycles. The van der Waals surface area contributed by atoms with Crippen molar-refractivity contribution in [3.63, 3.8) is 0 Å². The molecule has 0 bridgehead atoms. The lowest BCUT2D eigenvalue weighted by Crippen LogP contribution is -2.29. The highest BCUT2D eigenvalue weighted by Crippen LogP contribution is 2.50. The van der Waals surface area contributed by atoms with E-state index in [9.17, 15) is 0 Å². The first-order chi connectivity index (χ1) is 10.6. The molecule has 0 fully saturated rings. The van der Waals surface area contributed by atoms with Crippen LogP contribution < -0.4 is 5.32 Å². The van der Waals surface area contributed by atoms with Gasteiger partial charge >= 0.3 is 0 Å². The van der Waals surface area contributed by atoms with Gasteiger partial charge in [0, 0.05) is 11.6 Å². The molecule has 0 radical (unpaired) electrons. The Labute approximate surface area is 140 Å². The Hall–Kier alpha value is -1.44. The third-order valence-electron chi connectivity index (χ3n) is 4.82. The smallest absolute Gasteiger partial charge is 0.0595 e. The summed E-state index contributed by atoms with van der Waals surface area (Å²) in [5.74, 6) is 1.02. The molecule has 1 aliphatic carbocycles. The quantitative estimate of drug-likeness (QED) is 0.620. The summed E-state index contributed by atoms with van der Waals surface area (Å²) in [6.07, 6.45) is 5.75. The molecule has 2 aliphatic rings. The second kappa shape index (κ2) is 5.33. The molecule has 2 aromatic rings. The van der Waals surface area contributed by atoms with Gasteiger partial charge in [0.2, 0.25) is 0 Å². The van der Waals surface area contributed by atoms with E-state index in [2.05, 4.69) is 48.7 Å². The van der Waals surface area contributed by atoms with E-state index >= 15 is 0 Å². The van der Waals surface area contributed by atoms with Crippen LogP contribution in [0.4, 0.5) is 5.69 Å². The first-order valence-corrected chi connectivity index (χ1v) is 8.38. The van der Waals surface area contributed by atoms with Crippen LogP contribution in [0.5, 0.6) is 0 Å². The fraction of sp³-hybridized carbons (Fsp3) is 0.263. The normalized spacial score (nSPS) is 25.5. The Morgan fingerprint density at radius 1 is 1.05 bits per heavy atom. The number of hydrogen-bond donors (Lipinski definition) is 1. The number of allylic oxidation sites excluding steroid dienone is 2. The van der Waals surface area contributed by atoms with Gasteiger partial charge in [-0.2, -0.15) is 0 Å². The summed E-state index contributed by atoms with van der Waals surface area (Å²) >= 11 is 12.3. The number of benzene rings is 2. The van der Waals surface area contributed by atoms with E-state index in [1.807, 2.05) is 12.1 Å². The van der Waals surface area contributed by atoms with Crippen molar-refractivity contribution in [2.24, 2.45) is 5.92 Å². The molecule has 4 rings (SSSR count). The first-order valence-electron chi connectivity index (χ1n) is 7.62. The maximum absolute atomic E-state index is 6.22. The second-order valence-corrected chi connectivity index (χ2v) is 7.05. The standard InChI is InChI=1S/C19H17Cl2N/c1-11-5-8-18-15(9-11)13-3-2-4-14(13)19(22-18)12-6-7-16(20)17(21)10-12/h2-3,5-10,13-14,19,22H,4H2,1H3/t13-,14+,19+/m1/s1. The summed E-state index contributed by atoms with van der Waals surface area (Å²) in [6.45, 7) is 2.15. The van der Waals surface area contributed by atoms with Gasteiger partial charge in [-0.05, 0) is 48.6 Å². The van der Waals surface area contributed by atoms with Crippen molar-refractivity contribution in [2.75, 3.05) is 5.32 Å². The Morgan fingerprint density at radius 3 is 2.73 bits per heavy atom. The van der Waals surface area contributed by atoms with Crippen LogP contribution >= 0.6 is 23.2 Å². The molecule has 2 aromatic carbocycles. The average molecular weight is 330 g/mol. The van der Waals surface area contributed by atoms with Crippen LogP contribution in [0, 0.1) is 12.8 Å². The van der Waals surface area contributed by atoms with Crippen molar-refractivity contribution < 1.29 is 0 Å². The summed E-state index contributed by atoms with van der Waals surface area (Å²) in [5.41, 5.74) is 5.16. The molecular formula is C19H17Cl2N. The Morgan fingerprint density at radius 2 is 1.91 bits per heavy atom. The number of fused-ring (bicyclic) bond motifs is 3. The summed E-state index contributed by atoms with van der Waals surface area (Å²) < 4.78 is 0. The van der Waals surface area contributed by atoms with Crippen LogP contribution in [-0.4, -0.2) is 0 Å². The predicted octanol–water partition coefficient (Wildman–Crippen LogP) is 6.13. The van der Waals surface area contributed by atoms with E-state index < -0.39 is 0 Å². The fourth-order valence-corrected chi connectivity index (χ4v) is 4.06. The molecule has 1 aliphatic heterocycles. The van der Waals surface area contributed by atoms with Gasteiger partial charge < -0.3 is 5.32 Å². The number of halogens is 2. The second-order valence-electron chi connectivity index (χ2n) is 6.24. The molecule has 0 spiro atoms. The maximum atomic E-state index is 6.22. The highest BCUT2D eigenvalue weighted by atomic mass is 35.5. The van der Waals surface area contributed by atoms with Gasteiger partial charge in [-0.1, -0.05) is 59.1 Å². The summed E-state index contributed by atoms with van der Waals surface area (Å²) in [5, 5.41) is 4.95. The lowest BCUT2D eigenvalue weighted by Gasteiger charge is -2.37. The number of rotatable bonds is 1. The molecule has 1 N–H and O–H groups in total. The maximum Gasteiger partial charge on any atom is 0.0595 e. The van der Waals surface area contributed by atoms with Crippen LogP contribution in [0.1, 0.15) is 35.1 Å². The summed E-state index contributed by atoms with van der Waals surface area (Å²) in [7, 11) is 0. The third-order valence-corrected chi connectivity index (χ3v) is 5.56. The molecule has 0 saturated carbocycles. The molecule has 22 heavy (non-hydrogen) atoms. The van der Waals surface area contributed by atoms with Crippen molar-refractivity contribution >= 4 is 28.9 Å². The Balaban J connectivity index is 1.79. The van der Waals surface area contributed by atoms with Gasteiger partial charge in [0.05, 0.1) is 16.1 Å². The average Bonchev–Trinajstić information content (AvgIpc) is 2.99.